The van der Waals surface area contributed by atoms with Gasteiger partial charge >= 0.3 is 0 Å². The predicted molar refractivity (Wildman–Crippen MR) is 116 cm³/mol. The molecule has 1 heterocycles. The average Bonchev–Trinajstić information content (AvgIpc) is 3.08. The highest BCUT2D eigenvalue weighted by atomic mass is 16.2. The van der Waals surface area contributed by atoms with E-state index in [9.17, 15) is 9.59 Å². The number of benzene rings is 2. The third kappa shape index (κ3) is 5.45. The van der Waals surface area contributed by atoms with Crippen molar-refractivity contribution in [2.45, 2.75) is 20.3 Å². The van der Waals surface area contributed by atoms with Crippen LogP contribution < -0.4 is 15.5 Å². The van der Waals surface area contributed by atoms with Crippen LogP contribution in [0.2, 0.25) is 0 Å². The van der Waals surface area contributed by atoms with E-state index in [1.807, 2.05) is 63.5 Å². The van der Waals surface area contributed by atoms with E-state index in [-0.39, 0.29) is 24.9 Å². The van der Waals surface area contributed by atoms with Crippen molar-refractivity contribution >= 4 is 28.4 Å². The van der Waals surface area contributed by atoms with Crippen molar-refractivity contribution in [3.8, 4) is 0 Å². The molecule has 0 bridgehead atoms. The zero-order chi connectivity index (χ0) is 20.8. The molecule has 0 radical (unpaired) electrons. The number of hydrogen-bond acceptors (Lipinski definition) is 2. The molecule has 0 fully saturated rings. The lowest BCUT2D eigenvalue weighted by Crippen LogP contribution is -3.11. The molecular formula is C23H29N4O2+. The van der Waals surface area contributed by atoms with Gasteiger partial charge in [-0.25, -0.2) is 0 Å². The number of carbonyl (C=O) groups is 2. The van der Waals surface area contributed by atoms with Crippen LogP contribution in [0.5, 0.6) is 0 Å². The molecule has 2 aromatic carbocycles. The third-order valence-electron chi connectivity index (χ3n) is 5.19. The van der Waals surface area contributed by atoms with Crippen LogP contribution in [-0.4, -0.2) is 43.5 Å². The van der Waals surface area contributed by atoms with E-state index in [1.165, 1.54) is 10.9 Å². The minimum Gasteiger partial charge on any atom is -0.361 e. The number of hydrogen-bond donors (Lipinski definition) is 4. The number of amides is 2. The van der Waals surface area contributed by atoms with E-state index in [1.54, 1.807) is 0 Å². The van der Waals surface area contributed by atoms with Gasteiger partial charge in [0.25, 0.3) is 11.8 Å². The Hall–Kier alpha value is -3.12. The molecular weight excluding hydrogens is 364 g/mol. The number of fused-ring (bicyclic) bond motifs is 1. The molecule has 1 atom stereocenters. The topological polar surface area (TPSA) is 78.4 Å². The Morgan fingerprint density at radius 3 is 2.59 bits per heavy atom. The molecule has 152 valence electrons. The number of quaternary nitrogens is 1. The first-order valence-corrected chi connectivity index (χ1v) is 9.93. The Labute approximate surface area is 171 Å². The van der Waals surface area contributed by atoms with Crippen LogP contribution in [0.3, 0.4) is 0 Å². The van der Waals surface area contributed by atoms with Crippen molar-refractivity contribution in [3.63, 3.8) is 0 Å². The number of carbonyl (C=O) groups excluding carboxylic acids is 2. The van der Waals surface area contributed by atoms with Gasteiger partial charge in [-0.1, -0.05) is 30.3 Å². The lowest BCUT2D eigenvalue weighted by molar-refractivity contribution is -0.862. The second-order valence-corrected chi connectivity index (χ2v) is 7.57. The minimum atomic E-state index is -0.0946. The Balaban J connectivity index is 1.42. The number of aromatic nitrogens is 1. The molecule has 29 heavy (non-hydrogen) atoms. The van der Waals surface area contributed by atoms with E-state index in [4.69, 9.17) is 0 Å². The quantitative estimate of drug-likeness (QED) is 0.469. The monoisotopic (exact) mass is 393 g/mol. The summed E-state index contributed by atoms with van der Waals surface area (Å²) in [5.41, 5.74) is 5.32. The average molecular weight is 394 g/mol. The van der Waals surface area contributed by atoms with Gasteiger partial charge in [-0.05, 0) is 49.1 Å². The van der Waals surface area contributed by atoms with Crippen LogP contribution in [0.4, 0.5) is 5.69 Å². The van der Waals surface area contributed by atoms with Gasteiger partial charge in [-0.2, -0.15) is 0 Å². The summed E-state index contributed by atoms with van der Waals surface area (Å²) in [7, 11) is 1.85. The van der Waals surface area contributed by atoms with Crippen molar-refractivity contribution in [2.24, 2.45) is 0 Å². The zero-order valence-corrected chi connectivity index (χ0v) is 17.3. The standard InChI is InChI=1S/C23H28N4O2/c1-16-7-6-10-20(17(16)2)26-23(29)15-27(3)14-22(28)24-12-11-18-13-25-21-9-5-4-8-19(18)21/h4-10,13,25H,11-12,14-15H2,1-3H3,(H,24,28)(H,26,29)/p+1. The molecule has 0 aliphatic heterocycles. The molecule has 4 N–H and O–H groups in total. The van der Waals surface area contributed by atoms with Gasteiger partial charge in [-0.3, -0.25) is 9.59 Å². The van der Waals surface area contributed by atoms with Crippen LogP contribution in [0.1, 0.15) is 16.7 Å². The highest BCUT2D eigenvalue weighted by Crippen LogP contribution is 2.18. The fourth-order valence-electron chi connectivity index (χ4n) is 3.43. The number of aromatic amines is 1. The maximum absolute atomic E-state index is 12.3. The Morgan fingerprint density at radius 2 is 1.76 bits per heavy atom. The van der Waals surface area contributed by atoms with E-state index < -0.39 is 0 Å². The molecule has 3 rings (SSSR count). The molecule has 6 nitrogen and oxygen atoms in total. The molecule has 3 aromatic rings. The molecule has 0 aliphatic rings. The highest BCUT2D eigenvalue weighted by molar-refractivity contribution is 5.92. The Bertz CT molecular complexity index is 1010. The van der Waals surface area contributed by atoms with E-state index in [0.717, 1.165) is 33.7 Å². The normalized spacial score (nSPS) is 12.0. The first kappa shape index (κ1) is 20.6. The molecule has 0 aliphatic carbocycles. The van der Waals surface area contributed by atoms with Crippen molar-refractivity contribution < 1.29 is 14.5 Å². The smallest absolute Gasteiger partial charge is 0.279 e. The molecule has 2 amide bonds. The summed E-state index contributed by atoms with van der Waals surface area (Å²) in [6, 6.07) is 14.0. The maximum atomic E-state index is 12.3. The first-order valence-electron chi connectivity index (χ1n) is 9.93. The van der Waals surface area contributed by atoms with Crippen LogP contribution >= 0.6 is 0 Å². The number of rotatable bonds is 8. The van der Waals surface area contributed by atoms with Gasteiger partial charge in [0.15, 0.2) is 13.1 Å². The van der Waals surface area contributed by atoms with Gasteiger partial charge in [0.05, 0.1) is 7.05 Å². The lowest BCUT2D eigenvalue weighted by Gasteiger charge is -2.15. The van der Waals surface area contributed by atoms with Crippen molar-refractivity contribution in [1.29, 1.82) is 0 Å². The summed E-state index contributed by atoms with van der Waals surface area (Å²) in [6.45, 7) is 5.08. The number of para-hydroxylation sites is 1. The van der Waals surface area contributed by atoms with Crippen LogP contribution in [0.25, 0.3) is 10.9 Å². The number of anilines is 1. The summed E-state index contributed by atoms with van der Waals surface area (Å²) < 4.78 is 0. The summed E-state index contributed by atoms with van der Waals surface area (Å²) in [4.78, 5) is 28.6. The van der Waals surface area contributed by atoms with Crippen molar-refractivity contribution in [1.82, 2.24) is 10.3 Å². The maximum Gasteiger partial charge on any atom is 0.279 e. The van der Waals surface area contributed by atoms with E-state index in [0.29, 0.717) is 6.54 Å². The van der Waals surface area contributed by atoms with Crippen molar-refractivity contribution in [3.05, 3.63) is 65.4 Å². The number of nitrogens with one attached hydrogen (secondary N) is 4. The molecule has 1 unspecified atom stereocenters. The molecule has 0 saturated heterocycles. The number of aryl methyl sites for hydroxylation is 1. The molecule has 1 aromatic heterocycles. The number of likely N-dealkylation sites (N-methyl/N-ethyl adjacent to an activating group) is 1. The first-order chi connectivity index (χ1) is 13.9. The zero-order valence-electron chi connectivity index (χ0n) is 17.3. The predicted octanol–water partition coefficient (Wildman–Crippen LogP) is 1.60. The fraction of sp³-hybridized carbons (Fsp3) is 0.304. The highest BCUT2D eigenvalue weighted by Gasteiger charge is 2.15. The van der Waals surface area contributed by atoms with Crippen LogP contribution in [0.15, 0.2) is 48.7 Å². The van der Waals surface area contributed by atoms with Crippen molar-refractivity contribution in [2.75, 3.05) is 32.0 Å². The summed E-state index contributed by atoms with van der Waals surface area (Å²) in [5, 5.41) is 7.08. The molecule has 0 saturated carbocycles. The minimum absolute atomic E-state index is 0.0538. The Morgan fingerprint density at radius 1 is 1.00 bits per heavy atom. The van der Waals surface area contributed by atoms with E-state index in [2.05, 4.69) is 21.7 Å². The SMILES string of the molecule is Cc1cccc(NC(=O)C[NH+](C)CC(=O)NCCc2c[nH]c3ccccc23)c1C. The van der Waals surface area contributed by atoms with E-state index >= 15 is 0 Å². The largest absolute Gasteiger partial charge is 0.361 e. The summed E-state index contributed by atoms with van der Waals surface area (Å²) in [5.74, 6) is -0.148. The van der Waals surface area contributed by atoms with Gasteiger partial charge < -0.3 is 20.5 Å². The molecule has 0 spiro atoms. The second-order valence-electron chi connectivity index (χ2n) is 7.57. The van der Waals surface area contributed by atoms with Gasteiger partial charge in [0, 0.05) is 29.3 Å². The number of H-pyrrole nitrogens is 1. The van der Waals surface area contributed by atoms with Gasteiger partial charge in [0.1, 0.15) is 0 Å². The van der Waals surface area contributed by atoms with Crippen LogP contribution in [-0.2, 0) is 16.0 Å². The lowest BCUT2D eigenvalue weighted by atomic mass is 10.1. The second kappa shape index (κ2) is 9.39. The summed E-state index contributed by atoms with van der Waals surface area (Å²) in [6.07, 6.45) is 2.76. The third-order valence-corrected chi connectivity index (χ3v) is 5.19. The van der Waals surface area contributed by atoms with Crippen LogP contribution in [0, 0.1) is 13.8 Å². The fourth-order valence-corrected chi connectivity index (χ4v) is 3.43. The Kier molecular flexibility index (Phi) is 6.67. The summed E-state index contributed by atoms with van der Waals surface area (Å²) >= 11 is 0. The molecule has 6 heteroatoms. The van der Waals surface area contributed by atoms with Gasteiger partial charge in [-0.15, -0.1) is 0 Å². The van der Waals surface area contributed by atoms with Gasteiger partial charge in [0.2, 0.25) is 0 Å².